The van der Waals surface area contributed by atoms with E-state index < -0.39 is 5.60 Å². The van der Waals surface area contributed by atoms with E-state index in [1.807, 2.05) is 6.07 Å². The molecule has 0 spiro atoms. The fourth-order valence-electron chi connectivity index (χ4n) is 3.67. The molecular formula is C17H22FNO2. The van der Waals surface area contributed by atoms with E-state index in [9.17, 15) is 14.3 Å². The van der Waals surface area contributed by atoms with E-state index in [4.69, 9.17) is 0 Å². The van der Waals surface area contributed by atoms with Crippen LogP contribution in [0.25, 0.3) is 0 Å². The second-order valence-corrected chi connectivity index (χ2v) is 6.46. The number of aliphatic hydroxyl groups is 1. The molecule has 2 aliphatic rings. The molecule has 0 aromatic heterocycles. The first kappa shape index (κ1) is 14.5. The van der Waals surface area contributed by atoms with Crippen molar-refractivity contribution in [1.82, 2.24) is 5.32 Å². The molecule has 2 aliphatic carbocycles. The Labute approximate surface area is 124 Å². The summed E-state index contributed by atoms with van der Waals surface area (Å²) in [5.74, 6) is -0.383. The van der Waals surface area contributed by atoms with Crippen LogP contribution in [0.15, 0.2) is 18.2 Å². The Morgan fingerprint density at radius 2 is 2.10 bits per heavy atom. The highest BCUT2D eigenvalue weighted by Crippen LogP contribution is 2.34. The van der Waals surface area contributed by atoms with Crippen LogP contribution >= 0.6 is 0 Å². The van der Waals surface area contributed by atoms with Gasteiger partial charge in [0.2, 0.25) is 5.91 Å². The summed E-state index contributed by atoms with van der Waals surface area (Å²) in [7, 11) is 0. The Kier molecular flexibility index (Phi) is 3.98. The Bertz CT molecular complexity index is 538. The van der Waals surface area contributed by atoms with Crippen LogP contribution in [0.2, 0.25) is 0 Å². The number of carbonyl (C=O) groups is 1. The van der Waals surface area contributed by atoms with Crippen molar-refractivity contribution >= 4 is 5.91 Å². The Hall–Kier alpha value is -1.42. The molecule has 1 aromatic carbocycles. The van der Waals surface area contributed by atoms with Gasteiger partial charge in [0.25, 0.3) is 0 Å². The Morgan fingerprint density at radius 1 is 1.33 bits per heavy atom. The van der Waals surface area contributed by atoms with Crippen molar-refractivity contribution in [3.63, 3.8) is 0 Å². The monoisotopic (exact) mass is 291 g/mol. The second kappa shape index (κ2) is 5.76. The molecule has 3 nitrogen and oxygen atoms in total. The van der Waals surface area contributed by atoms with Gasteiger partial charge in [-0.15, -0.1) is 0 Å². The van der Waals surface area contributed by atoms with E-state index in [1.165, 1.54) is 12.1 Å². The van der Waals surface area contributed by atoms with Crippen LogP contribution in [0.3, 0.4) is 0 Å². The van der Waals surface area contributed by atoms with Crippen molar-refractivity contribution in [3.8, 4) is 0 Å². The zero-order valence-electron chi connectivity index (χ0n) is 12.2. The first-order chi connectivity index (χ1) is 10.1. The SMILES string of the molecule is O=C(CC1(O)CCCC1)NC1CCCc2ccc(F)cc21. The van der Waals surface area contributed by atoms with E-state index >= 15 is 0 Å². The third kappa shape index (κ3) is 3.26. The summed E-state index contributed by atoms with van der Waals surface area (Å²) in [6.07, 6.45) is 6.31. The number of nitrogens with one attached hydrogen (secondary N) is 1. The quantitative estimate of drug-likeness (QED) is 0.899. The summed E-state index contributed by atoms with van der Waals surface area (Å²) in [6.45, 7) is 0. The van der Waals surface area contributed by atoms with Crippen LogP contribution < -0.4 is 5.32 Å². The lowest BCUT2D eigenvalue weighted by Gasteiger charge is -2.28. The smallest absolute Gasteiger partial charge is 0.223 e. The van der Waals surface area contributed by atoms with Crippen molar-refractivity contribution in [2.75, 3.05) is 0 Å². The number of aryl methyl sites for hydroxylation is 1. The molecule has 1 fully saturated rings. The summed E-state index contributed by atoms with van der Waals surface area (Å²) in [5.41, 5.74) is 1.18. The van der Waals surface area contributed by atoms with Crippen molar-refractivity contribution in [2.24, 2.45) is 0 Å². The van der Waals surface area contributed by atoms with Gasteiger partial charge in [0, 0.05) is 0 Å². The van der Waals surface area contributed by atoms with Gasteiger partial charge in [-0.2, -0.15) is 0 Å². The number of benzene rings is 1. The highest BCUT2D eigenvalue weighted by molar-refractivity contribution is 5.77. The number of hydrogen-bond acceptors (Lipinski definition) is 2. The third-order valence-electron chi connectivity index (χ3n) is 4.78. The molecule has 1 aromatic rings. The predicted molar refractivity (Wildman–Crippen MR) is 78.3 cm³/mol. The molecule has 114 valence electrons. The van der Waals surface area contributed by atoms with E-state index in [0.29, 0.717) is 12.8 Å². The molecule has 2 N–H and O–H groups in total. The molecule has 0 bridgehead atoms. The van der Waals surface area contributed by atoms with Crippen LogP contribution in [-0.4, -0.2) is 16.6 Å². The first-order valence-electron chi connectivity index (χ1n) is 7.86. The summed E-state index contributed by atoms with van der Waals surface area (Å²) in [5, 5.41) is 13.3. The van der Waals surface area contributed by atoms with Crippen molar-refractivity contribution < 1.29 is 14.3 Å². The van der Waals surface area contributed by atoms with E-state index in [-0.39, 0.29) is 24.2 Å². The molecule has 0 heterocycles. The zero-order valence-corrected chi connectivity index (χ0v) is 12.2. The molecule has 1 amide bonds. The van der Waals surface area contributed by atoms with Crippen LogP contribution in [0.4, 0.5) is 4.39 Å². The van der Waals surface area contributed by atoms with Crippen LogP contribution in [0.1, 0.15) is 62.1 Å². The normalized spacial score (nSPS) is 23.6. The van der Waals surface area contributed by atoms with E-state index in [2.05, 4.69) is 5.32 Å². The Balaban J connectivity index is 1.68. The molecule has 3 rings (SSSR count). The lowest BCUT2D eigenvalue weighted by Crippen LogP contribution is -2.37. The first-order valence-corrected chi connectivity index (χ1v) is 7.86. The summed E-state index contributed by atoms with van der Waals surface area (Å²) >= 11 is 0. The van der Waals surface area contributed by atoms with Crippen LogP contribution in [0.5, 0.6) is 0 Å². The molecular weight excluding hydrogens is 269 g/mol. The van der Waals surface area contributed by atoms with Gasteiger partial charge >= 0.3 is 0 Å². The fraction of sp³-hybridized carbons (Fsp3) is 0.588. The molecule has 0 radical (unpaired) electrons. The molecule has 1 saturated carbocycles. The van der Waals surface area contributed by atoms with Crippen LogP contribution in [0, 0.1) is 5.82 Å². The third-order valence-corrected chi connectivity index (χ3v) is 4.78. The van der Waals surface area contributed by atoms with Crippen molar-refractivity contribution in [2.45, 2.75) is 63.0 Å². The number of rotatable bonds is 3. The Morgan fingerprint density at radius 3 is 2.86 bits per heavy atom. The largest absolute Gasteiger partial charge is 0.389 e. The lowest BCUT2D eigenvalue weighted by molar-refractivity contribution is -0.126. The van der Waals surface area contributed by atoms with Gasteiger partial charge in [0.1, 0.15) is 5.82 Å². The van der Waals surface area contributed by atoms with Gasteiger partial charge in [0.05, 0.1) is 18.1 Å². The summed E-state index contributed by atoms with van der Waals surface area (Å²) in [6, 6.07) is 4.70. The number of fused-ring (bicyclic) bond motifs is 1. The van der Waals surface area contributed by atoms with Gasteiger partial charge in [-0.1, -0.05) is 18.9 Å². The van der Waals surface area contributed by atoms with Crippen LogP contribution in [-0.2, 0) is 11.2 Å². The number of amides is 1. The maximum absolute atomic E-state index is 13.4. The van der Waals surface area contributed by atoms with Crippen molar-refractivity contribution in [1.29, 1.82) is 0 Å². The van der Waals surface area contributed by atoms with Gasteiger partial charge in [-0.25, -0.2) is 4.39 Å². The lowest BCUT2D eigenvalue weighted by atomic mass is 9.87. The summed E-state index contributed by atoms with van der Waals surface area (Å²) in [4.78, 5) is 12.2. The molecule has 0 saturated heterocycles. The van der Waals surface area contributed by atoms with Gasteiger partial charge in [-0.05, 0) is 55.4 Å². The van der Waals surface area contributed by atoms with E-state index in [1.54, 1.807) is 0 Å². The minimum atomic E-state index is -0.830. The second-order valence-electron chi connectivity index (χ2n) is 6.46. The topological polar surface area (TPSA) is 49.3 Å². The minimum Gasteiger partial charge on any atom is -0.389 e. The molecule has 1 atom stereocenters. The minimum absolute atomic E-state index is 0.123. The van der Waals surface area contributed by atoms with Gasteiger partial charge in [-0.3, -0.25) is 4.79 Å². The predicted octanol–water partition coefficient (Wildman–Crippen LogP) is 3.01. The van der Waals surface area contributed by atoms with E-state index in [0.717, 1.165) is 43.2 Å². The summed E-state index contributed by atoms with van der Waals surface area (Å²) < 4.78 is 13.4. The van der Waals surface area contributed by atoms with Crippen molar-refractivity contribution in [3.05, 3.63) is 35.1 Å². The highest BCUT2D eigenvalue weighted by Gasteiger charge is 2.34. The average Bonchev–Trinajstić information content (AvgIpc) is 2.85. The maximum atomic E-state index is 13.4. The number of carbonyl (C=O) groups excluding carboxylic acids is 1. The maximum Gasteiger partial charge on any atom is 0.223 e. The molecule has 1 unspecified atom stereocenters. The molecule has 0 aliphatic heterocycles. The van der Waals surface area contributed by atoms with Gasteiger partial charge < -0.3 is 10.4 Å². The standard InChI is InChI=1S/C17H22FNO2/c18-13-7-6-12-4-3-5-15(14(12)10-13)19-16(20)11-17(21)8-1-2-9-17/h6-7,10,15,21H,1-5,8-9,11H2,(H,19,20). The highest BCUT2D eigenvalue weighted by atomic mass is 19.1. The molecule has 4 heteroatoms. The number of hydrogen-bond donors (Lipinski definition) is 2. The average molecular weight is 291 g/mol. The number of halogens is 1. The fourth-order valence-corrected chi connectivity index (χ4v) is 3.67. The zero-order chi connectivity index (χ0) is 14.9. The molecule has 21 heavy (non-hydrogen) atoms. The van der Waals surface area contributed by atoms with Gasteiger partial charge in [0.15, 0.2) is 0 Å².